The van der Waals surface area contributed by atoms with Crippen molar-refractivity contribution in [3.8, 4) is 0 Å². The minimum absolute atomic E-state index is 0.221. The Hall–Kier alpha value is -1.33. The highest BCUT2D eigenvalue weighted by Gasteiger charge is 2.22. The van der Waals surface area contributed by atoms with Crippen LogP contribution < -0.4 is 0 Å². The Balaban J connectivity index is 1.93. The van der Waals surface area contributed by atoms with E-state index in [1.165, 1.54) is 19.1 Å². The van der Waals surface area contributed by atoms with Crippen LogP contribution in [0, 0.1) is 0 Å². The minimum Gasteiger partial charge on any atom is -0.478 e. The summed E-state index contributed by atoms with van der Waals surface area (Å²) in [5, 5.41) is 8.84. The van der Waals surface area contributed by atoms with Crippen LogP contribution in [0.15, 0.2) is 16.7 Å². The second-order valence-electron chi connectivity index (χ2n) is 5.08. The lowest BCUT2D eigenvalue weighted by Gasteiger charge is -2.35. The van der Waals surface area contributed by atoms with Gasteiger partial charge in [0.15, 0.2) is 0 Å². The SMILES string of the molecule is CN1CCCC(N(C)Cc2cc(C(=O)O)co2)C1. The Morgan fingerprint density at radius 1 is 1.67 bits per heavy atom. The first kappa shape index (κ1) is 13.1. The molecule has 18 heavy (non-hydrogen) atoms. The van der Waals surface area contributed by atoms with Gasteiger partial charge in [-0.3, -0.25) is 4.90 Å². The Morgan fingerprint density at radius 2 is 2.44 bits per heavy atom. The predicted octanol–water partition coefficient (Wildman–Crippen LogP) is 1.50. The second kappa shape index (κ2) is 5.54. The summed E-state index contributed by atoms with van der Waals surface area (Å²) in [7, 11) is 4.20. The van der Waals surface area contributed by atoms with Crippen LogP contribution in [-0.2, 0) is 6.54 Å². The number of hydrogen-bond acceptors (Lipinski definition) is 4. The number of aromatic carboxylic acids is 1. The summed E-state index contributed by atoms with van der Waals surface area (Å²) >= 11 is 0. The summed E-state index contributed by atoms with van der Waals surface area (Å²) < 4.78 is 5.28. The van der Waals surface area contributed by atoms with E-state index in [-0.39, 0.29) is 5.56 Å². The fourth-order valence-electron chi connectivity index (χ4n) is 2.45. The molecule has 2 heterocycles. The third kappa shape index (κ3) is 3.11. The molecule has 0 bridgehead atoms. The molecule has 0 radical (unpaired) electrons. The molecule has 0 amide bonds. The topological polar surface area (TPSA) is 56.9 Å². The maximum absolute atomic E-state index is 10.8. The van der Waals surface area contributed by atoms with Crippen molar-refractivity contribution in [3.05, 3.63) is 23.7 Å². The largest absolute Gasteiger partial charge is 0.478 e. The highest BCUT2D eigenvalue weighted by molar-refractivity contribution is 5.87. The summed E-state index contributed by atoms with van der Waals surface area (Å²) in [6.07, 6.45) is 3.70. The van der Waals surface area contributed by atoms with E-state index >= 15 is 0 Å². The lowest BCUT2D eigenvalue weighted by molar-refractivity contribution is 0.0696. The lowest BCUT2D eigenvalue weighted by atomic mass is 10.1. The van der Waals surface area contributed by atoms with Crippen molar-refractivity contribution in [2.24, 2.45) is 0 Å². The molecule has 1 aromatic heterocycles. The molecule has 0 spiro atoms. The summed E-state index contributed by atoms with van der Waals surface area (Å²) in [6.45, 7) is 2.88. The third-order valence-corrected chi connectivity index (χ3v) is 3.53. The van der Waals surface area contributed by atoms with E-state index in [1.807, 2.05) is 0 Å². The molecule has 0 aliphatic carbocycles. The van der Waals surface area contributed by atoms with Crippen LogP contribution in [0.4, 0.5) is 0 Å². The fourth-order valence-corrected chi connectivity index (χ4v) is 2.45. The van der Waals surface area contributed by atoms with Crippen LogP contribution >= 0.6 is 0 Å². The molecular formula is C13H20N2O3. The number of rotatable bonds is 4. The molecule has 100 valence electrons. The van der Waals surface area contributed by atoms with Gasteiger partial charge in [0.05, 0.1) is 12.1 Å². The molecule has 1 N–H and O–H groups in total. The maximum atomic E-state index is 10.8. The standard InChI is InChI=1S/C13H20N2O3/c1-14-5-3-4-11(7-14)15(2)8-12-6-10(9-18-12)13(16)17/h6,9,11H,3-5,7-8H2,1-2H3,(H,16,17). The first-order valence-electron chi connectivity index (χ1n) is 6.25. The van der Waals surface area contributed by atoms with Gasteiger partial charge >= 0.3 is 5.97 Å². The quantitative estimate of drug-likeness (QED) is 0.880. The molecule has 5 heteroatoms. The van der Waals surface area contributed by atoms with Crippen LogP contribution in [-0.4, -0.2) is 54.1 Å². The maximum Gasteiger partial charge on any atom is 0.338 e. The summed E-state index contributed by atoms with van der Waals surface area (Å²) in [5.41, 5.74) is 0.221. The molecular weight excluding hydrogens is 232 g/mol. The van der Waals surface area contributed by atoms with E-state index in [0.29, 0.717) is 18.3 Å². The van der Waals surface area contributed by atoms with Gasteiger partial charge in [-0.25, -0.2) is 4.79 Å². The number of nitrogens with zero attached hydrogens (tertiary/aromatic N) is 2. The molecule has 1 fully saturated rings. The zero-order chi connectivity index (χ0) is 13.1. The van der Waals surface area contributed by atoms with E-state index < -0.39 is 5.97 Å². The molecule has 1 aromatic rings. The molecule has 1 aliphatic heterocycles. The predicted molar refractivity (Wildman–Crippen MR) is 67.7 cm³/mol. The zero-order valence-electron chi connectivity index (χ0n) is 10.9. The van der Waals surface area contributed by atoms with Crippen LogP contribution in [0.5, 0.6) is 0 Å². The lowest BCUT2D eigenvalue weighted by Crippen LogP contribution is -2.44. The van der Waals surface area contributed by atoms with Crippen LogP contribution in [0.25, 0.3) is 0 Å². The second-order valence-corrected chi connectivity index (χ2v) is 5.08. The van der Waals surface area contributed by atoms with Gasteiger partial charge in [-0.1, -0.05) is 0 Å². The Labute approximate surface area is 107 Å². The van der Waals surface area contributed by atoms with Gasteiger partial charge in [0.1, 0.15) is 12.0 Å². The smallest absolute Gasteiger partial charge is 0.338 e. The average molecular weight is 252 g/mol. The van der Waals surface area contributed by atoms with Gasteiger partial charge in [-0.15, -0.1) is 0 Å². The summed E-state index contributed by atoms with van der Waals surface area (Å²) in [5.74, 6) is -0.229. The first-order valence-corrected chi connectivity index (χ1v) is 6.25. The molecule has 0 aromatic carbocycles. The Kier molecular flexibility index (Phi) is 4.04. The number of piperidine rings is 1. The minimum atomic E-state index is -0.940. The number of carboxylic acids is 1. The van der Waals surface area contributed by atoms with Crippen LogP contribution in [0.1, 0.15) is 29.0 Å². The van der Waals surface area contributed by atoms with E-state index in [0.717, 1.165) is 13.1 Å². The van der Waals surface area contributed by atoms with E-state index in [1.54, 1.807) is 6.07 Å². The monoisotopic (exact) mass is 252 g/mol. The van der Waals surface area contributed by atoms with Crippen molar-refractivity contribution in [3.63, 3.8) is 0 Å². The number of hydrogen-bond donors (Lipinski definition) is 1. The van der Waals surface area contributed by atoms with Crippen molar-refractivity contribution < 1.29 is 14.3 Å². The van der Waals surface area contributed by atoms with Crippen LogP contribution in [0.3, 0.4) is 0 Å². The molecule has 1 aliphatic rings. The number of carboxylic acid groups (broad SMARTS) is 1. The third-order valence-electron chi connectivity index (χ3n) is 3.53. The summed E-state index contributed by atoms with van der Waals surface area (Å²) in [4.78, 5) is 15.3. The van der Waals surface area contributed by atoms with Gasteiger partial charge in [0.25, 0.3) is 0 Å². The molecule has 0 saturated carbocycles. The Morgan fingerprint density at radius 3 is 3.06 bits per heavy atom. The average Bonchev–Trinajstić information content (AvgIpc) is 2.77. The Bertz CT molecular complexity index is 416. The van der Waals surface area contributed by atoms with Gasteiger partial charge < -0.3 is 14.4 Å². The van der Waals surface area contributed by atoms with Gasteiger partial charge in [0, 0.05) is 12.6 Å². The number of carbonyl (C=O) groups is 1. The molecule has 5 nitrogen and oxygen atoms in total. The van der Waals surface area contributed by atoms with Gasteiger partial charge in [0.2, 0.25) is 0 Å². The van der Waals surface area contributed by atoms with E-state index in [2.05, 4.69) is 23.9 Å². The first-order chi connectivity index (χ1) is 8.56. The van der Waals surface area contributed by atoms with Crippen molar-refractivity contribution in [1.29, 1.82) is 0 Å². The highest BCUT2D eigenvalue weighted by Crippen LogP contribution is 2.17. The van der Waals surface area contributed by atoms with Crippen LogP contribution in [0.2, 0.25) is 0 Å². The van der Waals surface area contributed by atoms with Gasteiger partial charge in [-0.05, 0) is 39.5 Å². The fraction of sp³-hybridized carbons (Fsp3) is 0.615. The zero-order valence-corrected chi connectivity index (χ0v) is 10.9. The van der Waals surface area contributed by atoms with Crippen molar-refractivity contribution in [2.75, 3.05) is 27.2 Å². The number of likely N-dealkylation sites (tertiary alicyclic amines) is 1. The van der Waals surface area contributed by atoms with Crippen molar-refractivity contribution >= 4 is 5.97 Å². The number of furan rings is 1. The normalized spacial score (nSPS) is 21.4. The van der Waals surface area contributed by atoms with E-state index in [9.17, 15) is 4.79 Å². The molecule has 1 unspecified atom stereocenters. The van der Waals surface area contributed by atoms with Gasteiger partial charge in [-0.2, -0.15) is 0 Å². The van der Waals surface area contributed by atoms with Crippen molar-refractivity contribution in [2.45, 2.75) is 25.4 Å². The molecule has 1 atom stereocenters. The highest BCUT2D eigenvalue weighted by atomic mass is 16.4. The molecule has 2 rings (SSSR count). The summed E-state index contributed by atoms with van der Waals surface area (Å²) in [6, 6.07) is 2.12. The number of likely N-dealkylation sites (N-methyl/N-ethyl adjacent to an activating group) is 2. The van der Waals surface area contributed by atoms with Crippen molar-refractivity contribution in [1.82, 2.24) is 9.80 Å². The molecule has 1 saturated heterocycles. The van der Waals surface area contributed by atoms with E-state index in [4.69, 9.17) is 9.52 Å².